The molecule has 1 aliphatic heterocycles. The van der Waals surface area contributed by atoms with E-state index in [1.54, 1.807) is 29.2 Å². The molecular formula is C21H27N5O4. The van der Waals surface area contributed by atoms with Gasteiger partial charge in [-0.05, 0) is 45.0 Å². The van der Waals surface area contributed by atoms with Crippen LogP contribution in [0.3, 0.4) is 0 Å². The molecule has 0 unspecified atom stereocenters. The number of nitrogens with zero attached hydrogens (tertiary/aromatic N) is 3. The predicted molar refractivity (Wildman–Crippen MR) is 112 cm³/mol. The first-order valence-electron chi connectivity index (χ1n) is 9.60. The Morgan fingerprint density at radius 1 is 1.03 bits per heavy atom. The Hall–Kier alpha value is -3.54. The molecule has 0 aliphatic carbocycles. The fourth-order valence-electron chi connectivity index (χ4n) is 2.72. The highest BCUT2D eigenvalue weighted by Gasteiger charge is 2.25. The molecule has 0 spiro atoms. The van der Waals surface area contributed by atoms with Crippen molar-refractivity contribution in [1.82, 2.24) is 9.80 Å². The molecule has 1 aromatic rings. The summed E-state index contributed by atoms with van der Waals surface area (Å²) in [4.78, 5) is 39.0. The third-order valence-electron chi connectivity index (χ3n) is 4.11. The standard InChI is InChI=1S/C21H27N5O4/c1-15(27)23-17-5-7-18(8-6-17)24-19(28)16(13-22)14-25-9-11-26(12-10-25)20(29)30-21(2,3)4/h5-8,14H,9-12H2,1-4H3,(H,23,27)(H,24,28)/b16-14-. The molecule has 0 atom stereocenters. The lowest BCUT2D eigenvalue weighted by Crippen LogP contribution is -2.48. The van der Waals surface area contributed by atoms with Crippen molar-refractivity contribution in [3.63, 3.8) is 0 Å². The highest BCUT2D eigenvalue weighted by Crippen LogP contribution is 2.15. The molecule has 2 N–H and O–H groups in total. The summed E-state index contributed by atoms with van der Waals surface area (Å²) in [5.41, 5.74) is 0.525. The normalized spacial score (nSPS) is 14.6. The number of carbonyl (C=O) groups is 3. The number of hydrogen-bond donors (Lipinski definition) is 2. The molecule has 1 heterocycles. The zero-order valence-corrected chi connectivity index (χ0v) is 17.7. The molecule has 30 heavy (non-hydrogen) atoms. The minimum atomic E-state index is -0.555. The summed E-state index contributed by atoms with van der Waals surface area (Å²) < 4.78 is 5.36. The van der Waals surface area contributed by atoms with Gasteiger partial charge in [0.05, 0.1) is 0 Å². The Labute approximate surface area is 176 Å². The van der Waals surface area contributed by atoms with E-state index in [9.17, 15) is 19.6 Å². The van der Waals surface area contributed by atoms with E-state index in [0.717, 1.165) is 0 Å². The Balaban J connectivity index is 1.93. The molecule has 0 saturated carbocycles. The summed E-state index contributed by atoms with van der Waals surface area (Å²) >= 11 is 0. The Morgan fingerprint density at radius 3 is 2.03 bits per heavy atom. The number of nitriles is 1. The maximum Gasteiger partial charge on any atom is 0.410 e. The van der Waals surface area contributed by atoms with Crippen molar-refractivity contribution < 1.29 is 19.1 Å². The summed E-state index contributed by atoms with van der Waals surface area (Å²) in [5.74, 6) is -0.715. The predicted octanol–water partition coefficient (Wildman–Crippen LogP) is 2.54. The van der Waals surface area contributed by atoms with Crippen molar-refractivity contribution in [3.8, 4) is 6.07 Å². The highest BCUT2D eigenvalue weighted by molar-refractivity contribution is 6.06. The third kappa shape index (κ3) is 7.13. The van der Waals surface area contributed by atoms with Crippen LogP contribution in [0.25, 0.3) is 0 Å². The first-order valence-corrected chi connectivity index (χ1v) is 9.60. The third-order valence-corrected chi connectivity index (χ3v) is 4.11. The second kappa shape index (κ2) is 9.78. The molecule has 0 aromatic heterocycles. The Bertz CT molecular complexity index is 857. The van der Waals surface area contributed by atoms with E-state index in [4.69, 9.17) is 4.74 Å². The number of nitrogens with one attached hydrogen (secondary N) is 2. The number of amides is 3. The Morgan fingerprint density at radius 2 is 1.57 bits per heavy atom. The van der Waals surface area contributed by atoms with Crippen LogP contribution in [0, 0.1) is 11.3 Å². The lowest BCUT2D eigenvalue weighted by atomic mass is 10.2. The largest absolute Gasteiger partial charge is 0.444 e. The molecule has 2 rings (SSSR count). The minimum Gasteiger partial charge on any atom is -0.444 e. The van der Waals surface area contributed by atoms with Gasteiger partial charge in [0.2, 0.25) is 5.91 Å². The molecule has 0 bridgehead atoms. The van der Waals surface area contributed by atoms with Crippen LogP contribution in [-0.4, -0.2) is 59.5 Å². The molecule has 0 radical (unpaired) electrons. The first-order chi connectivity index (χ1) is 14.1. The van der Waals surface area contributed by atoms with Crippen LogP contribution in [0.4, 0.5) is 16.2 Å². The van der Waals surface area contributed by atoms with Crippen molar-refractivity contribution in [1.29, 1.82) is 5.26 Å². The fourth-order valence-corrected chi connectivity index (χ4v) is 2.72. The second-order valence-electron chi connectivity index (χ2n) is 7.87. The number of rotatable bonds is 4. The maximum atomic E-state index is 12.4. The second-order valence-corrected chi connectivity index (χ2v) is 7.87. The Kier molecular flexibility index (Phi) is 7.42. The minimum absolute atomic E-state index is 0.0355. The van der Waals surface area contributed by atoms with E-state index in [-0.39, 0.29) is 17.6 Å². The molecule has 3 amide bonds. The number of piperazine rings is 1. The molecule has 1 saturated heterocycles. The number of hydrogen-bond acceptors (Lipinski definition) is 6. The van der Waals surface area contributed by atoms with Gasteiger partial charge < -0.3 is 25.2 Å². The summed E-state index contributed by atoms with van der Waals surface area (Å²) in [6.45, 7) is 8.71. The van der Waals surface area contributed by atoms with Gasteiger partial charge in [0.15, 0.2) is 0 Å². The number of benzene rings is 1. The quantitative estimate of drug-likeness (QED) is 0.579. The monoisotopic (exact) mass is 413 g/mol. The summed E-state index contributed by atoms with van der Waals surface area (Å²) in [5, 5.41) is 14.7. The first kappa shape index (κ1) is 22.7. The van der Waals surface area contributed by atoms with Crippen molar-refractivity contribution in [2.75, 3.05) is 36.8 Å². The van der Waals surface area contributed by atoms with E-state index in [0.29, 0.717) is 37.6 Å². The number of ether oxygens (including phenoxy) is 1. The average Bonchev–Trinajstić information content (AvgIpc) is 2.66. The van der Waals surface area contributed by atoms with E-state index >= 15 is 0 Å². The van der Waals surface area contributed by atoms with E-state index in [1.165, 1.54) is 13.1 Å². The zero-order chi connectivity index (χ0) is 22.3. The number of anilines is 2. The van der Waals surface area contributed by atoms with Crippen molar-refractivity contribution >= 4 is 29.3 Å². The van der Waals surface area contributed by atoms with Crippen LogP contribution in [0.1, 0.15) is 27.7 Å². The topological polar surface area (TPSA) is 115 Å². The van der Waals surface area contributed by atoms with Crippen molar-refractivity contribution in [2.24, 2.45) is 0 Å². The van der Waals surface area contributed by atoms with Gasteiger partial charge in [-0.2, -0.15) is 5.26 Å². The van der Waals surface area contributed by atoms with Gasteiger partial charge in [0.1, 0.15) is 17.2 Å². The summed E-state index contributed by atoms with van der Waals surface area (Å²) in [6.07, 6.45) is 1.14. The molecule has 9 heteroatoms. The smallest absolute Gasteiger partial charge is 0.410 e. The average molecular weight is 413 g/mol. The van der Waals surface area contributed by atoms with Gasteiger partial charge in [-0.15, -0.1) is 0 Å². The van der Waals surface area contributed by atoms with E-state index < -0.39 is 11.5 Å². The fraction of sp³-hybridized carbons (Fsp3) is 0.429. The molecular weight excluding hydrogens is 386 g/mol. The van der Waals surface area contributed by atoms with Crippen LogP contribution in [0.5, 0.6) is 0 Å². The van der Waals surface area contributed by atoms with E-state index in [2.05, 4.69) is 10.6 Å². The van der Waals surface area contributed by atoms with Crippen molar-refractivity contribution in [2.45, 2.75) is 33.3 Å². The van der Waals surface area contributed by atoms with Gasteiger partial charge in [-0.1, -0.05) is 0 Å². The van der Waals surface area contributed by atoms with Crippen LogP contribution in [0.15, 0.2) is 36.0 Å². The van der Waals surface area contributed by atoms with Gasteiger partial charge in [0.25, 0.3) is 5.91 Å². The molecule has 1 aromatic carbocycles. The molecule has 9 nitrogen and oxygen atoms in total. The van der Waals surface area contributed by atoms with Gasteiger partial charge in [0, 0.05) is 50.7 Å². The van der Waals surface area contributed by atoms with E-state index in [1.807, 2.05) is 31.7 Å². The summed E-state index contributed by atoms with van der Waals surface area (Å²) in [6, 6.07) is 8.50. The van der Waals surface area contributed by atoms with Crippen molar-refractivity contribution in [3.05, 3.63) is 36.0 Å². The number of carbonyl (C=O) groups excluding carboxylic acids is 3. The van der Waals surface area contributed by atoms with Gasteiger partial charge >= 0.3 is 6.09 Å². The van der Waals surface area contributed by atoms with Crippen LogP contribution < -0.4 is 10.6 Å². The molecule has 1 fully saturated rings. The summed E-state index contributed by atoms with van der Waals surface area (Å²) in [7, 11) is 0. The van der Waals surface area contributed by atoms with Crippen LogP contribution >= 0.6 is 0 Å². The molecule has 160 valence electrons. The van der Waals surface area contributed by atoms with Gasteiger partial charge in [-0.3, -0.25) is 9.59 Å². The lowest BCUT2D eigenvalue weighted by Gasteiger charge is -2.35. The molecule has 1 aliphatic rings. The lowest BCUT2D eigenvalue weighted by molar-refractivity contribution is -0.114. The highest BCUT2D eigenvalue weighted by atomic mass is 16.6. The van der Waals surface area contributed by atoms with Crippen LogP contribution in [-0.2, 0) is 14.3 Å². The SMILES string of the molecule is CC(=O)Nc1ccc(NC(=O)/C(C#N)=C\N2CCN(C(=O)OC(C)(C)C)CC2)cc1. The van der Waals surface area contributed by atoms with Crippen LogP contribution in [0.2, 0.25) is 0 Å². The van der Waals surface area contributed by atoms with Gasteiger partial charge in [-0.25, -0.2) is 4.79 Å². The zero-order valence-electron chi connectivity index (χ0n) is 17.7. The maximum absolute atomic E-state index is 12.4.